The van der Waals surface area contributed by atoms with Crippen LogP contribution < -0.4 is 0 Å². The van der Waals surface area contributed by atoms with Gasteiger partial charge in [-0.05, 0) is 71.6 Å². The van der Waals surface area contributed by atoms with Crippen molar-refractivity contribution in [2.75, 3.05) is 0 Å². The van der Waals surface area contributed by atoms with Crippen molar-refractivity contribution in [2.45, 2.75) is 13.1 Å². The van der Waals surface area contributed by atoms with Crippen LogP contribution >= 0.6 is 0 Å². The first-order valence-electron chi connectivity index (χ1n) is 17.6. The molecule has 0 aliphatic carbocycles. The van der Waals surface area contributed by atoms with Gasteiger partial charge in [0.15, 0.2) is 17.5 Å². The van der Waals surface area contributed by atoms with E-state index < -0.39 is 11.7 Å². The van der Waals surface area contributed by atoms with Gasteiger partial charge in [0, 0.05) is 33.2 Å². The van der Waals surface area contributed by atoms with Gasteiger partial charge in [-0.15, -0.1) is 0 Å². The second-order valence-electron chi connectivity index (χ2n) is 13.3. The summed E-state index contributed by atoms with van der Waals surface area (Å²) in [5.41, 5.74) is 8.65. The molecule has 2 heterocycles. The van der Waals surface area contributed by atoms with Crippen LogP contribution in [0.5, 0.6) is 0 Å². The Bertz CT molecular complexity index is 2770. The Hall–Kier alpha value is -6.86. The summed E-state index contributed by atoms with van der Waals surface area (Å²) in [6.45, 7) is 2.09. The number of halogens is 3. The summed E-state index contributed by atoms with van der Waals surface area (Å²) < 4.78 is 44.4. The third-order valence-electron chi connectivity index (χ3n) is 9.73. The Labute approximate surface area is 309 Å². The monoisotopic (exact) mass is 708 g/mol. The molecule has 9 aromatic rings. The number of para-hydroxylation sites is 1. The third-order valence-corrected chi connectivity index (χ3v) is 9.73. The van der Waals surface area contributed by atoms with E-state index in [0.717, 1.165) is 55.8 Å². The molecule has 7 aromatic carbocycles. The van der Waals surface area contributed by atoms with Gasteiger partial charge in [-0.1, -0.05) is 133 Å². The Balaban J connectivity index is 1.31. The lowest BCUT2D eigenvalue weighted by molar-refractivity contribution is -0.137. The lowest BCUT2D eigenvalue weighted by atomic mass is 9.96. The fourth-order valence-electron chi connectivity index (χ4n) is 7.16. The van der Waals surface area contributed by atoms with Crippen molar-refractivity contribution >= 4 is 21.8 Å². The number of benzene rings is 7. The molecule has 0 atom stereocenters. The van der Waals surface area contributed by atoms with Gasteiger partial charge in [-0.25, -0.2) is 15.0 Å². The van der Waals surface area contributed by atoms with Gasteiger partial charge in [0.25, 0.3) is 0 Å². The largest absolute Gasteiger partial charge is 0.416 e. The maximum atomic E-state index is 14.1. The smallest absolute Gasteiger partial charge is 0.309 e. The number of hydrogen-bond donors (Lipinski definition) is 0. The van der Waals surface area contributed by atoms with Crippen LogP contribution in [0.1, 0.15) is 11.1 Å². The van der Waals surface area contributed by atoms with E-state index in [1.807, 2.05) is 91.0 Å². The molecule has 0 bridgehead atoms. The lowest BCUT2D eigenvalue weighted by Crippen LogP contribution is -2.05. The van der Waals surface area contributed by atoms with Crippen LogP contribution in [-0.2, 0) is 6.18 Å². The van der Waals surface area contributed by atoms with Crippen LogP contribution in [0.4, 0.5) is 13.2 Å². The Morgan fingerprint density at radius 3 is 1.72 bits per heavy atom. The summed E-state index contributed by atoms with van der Waals surface area (Å²) in [6.07, 6.45) is -4.51. The van der Waals surface area contributed by atoms with E-state index in [0.29, 0.717) is 34.2 Å². The molecule has 0 unspecified atom stereocenters. The highest BCUT2D eigenvalue weighted by Gasteiger charge is 2.31. The maximum absolute atomic E-state index is 14.1. The van der Waals surface area contributed by atoms with Crippen molar-refractivity contribution < 1.29 is 13.2 Å². The third kappa shape index (κ3) is 6.09. The minimum absolute atomic E-state index is 0.347. The molecule has 0 saturated heterocycles. The molecule has 9 rings (SSSR count). The molecule has 0 saturated carbocycles. The Kier molecular flexibility index (Phi) is 8.12. The van der Waals surface area contributed by atoms with Gasteiger partial charge < -0.3 is 4.57 Å². The first kappa shape index (κ1) is 33.0. The van der Waals surface area contributed by atoms with Gasteiger partial charge in [0.2, 0.25) is 0 Å². The van der Waals surface area contributed by atoms with Crippen LogP contribution in [0.25, 0.3) is 83.9 Å². The second-order valence-corrected chi connectivity index (χ2v) is 13.3. The number of alkyl halides is 3. The normalized spacial score (nSPS) is 11.7. The standard InChI is InChI=1S/C47H31F3N4/c1-30-12-10-17-33(26-30)34-22-25-43-40(28-34)39-20-8-9-21-42(39)54(43)37-23-24-38(35-18-11-19-36(27-35)47(48,49)50)41(29-37)46-52-44(31-13-4-2-5-14-31)51-45(53-46)32-15-6-3-7-16-32/h2-29H,1H3. The zero-order valence-electron chi connectivity index (χ0n) is 29.1. The summed E-state index contributed by atoms with van der Waals surface area (Å²) in [6, 6.07) is 53.7. The first-order valence-corrected chi connectivity index (χ1v) is 17.6. The quantitative estimate of drug-likeness (QED) is 0.173. The predicted molar refractivity (Wildman–Crippen MR) is 211 cm³/mol. The summed E-state index contributed by atoms with van der Waals surface area (Å²) in [7, 11) is 0. The minimum Gasteiger partial charge on any atom is -0.309 e. The summed E-state index contributed by atoms with van der Waals surface area (Å²) in [5, 5.41) is 2.18. The molecule has 0 fully saturated rings. The number of hydrogen-bond acceptors (Lipinski definition) is 3. The molecule has 0 aliphatic heterocycles. The van der Waals surface area contributed by atoms with E-state index in [1.54, 1.807) is 6.07 Å². The number of rotatable bonds is 6. The summed E-state index contributed by atoms with van der Waals surface area (Å²) >= 11 is 0. The first-order chi connectivity index (χ1) is 26.3. The van der Waals surface area contributed by atoms with Gasteiger partial charge in [-0.2, -0.15) is 13.2 Å². The number of nitrogens with zero attached hydrogens (tertiary/aromatic N) is 4. The molecule has 260 valence electrons. The van der Waals surface area contributed by atoms with Crippen molar-refractivity contribution in [1.29, 1.82) is 0 Å². The predicted octanol–water partition coefficient (Wildman–Crippen LogP) is 12.6. The zero-order chi connectivity index (χ0) is 36.8. The van der Waals surface area contributed by atoms with Gasteiger partial charge in [0.1, 0.15) is 0 Å². The van der Waals surface area contributed by atoms with Crippen molar-refractivity contribution in [1.82, 2.24) is 19.5 Å². The van der Waals surface area contributed by atoms with Crippen LogP contribution in [0, 0.1) is 6.92 Å². The minimum atomic E-state index is -4.51. The maximum Gasteiger partial charge on any atom is 0.416 e. The van der Waals surface area contributed by atoms with Crippen LogP contribution in [0.3, 0.4) is 0 Å². The molecule has 0 spiro atoms. The van der Waals surface area contributed by atoms with Crippen molar-refractivity contribution in [3.05, 3.63) is 181 Å². The molecule has 4 nitrogen and oxygen atoms in total. The van der Waals surface area contributed by atoms with E-state index in [2.05, 4.69) is 66.1 Å². The summed E-state index contributed by atoms with van der Waals surface area (Å²) in [4.78, 5) is 14.9. The average Bonchev–Trinajstić information content (AvgIpc) is 3.54. The van der Waals surface area contributed by atoms with E-state index >= 15 is 0 Å². The second kappa shape index (κ2) is 13.3. The van der Waals surface area contributed by atoms with Crippen LogP contribution in [-0.4, -0.2) is 19.5 Å². The van der Waals surface area contributed by atoms with Gasteiger partial charge in [-0.3, -0.25) is 0 Å². The van der Waals surface area contributed by atoms with Gasteiger partial charge >= 0.3 is 6.18 Å². The van der Waals surface area contributed by atoms with Gasteiger partial charge in [0.05, 0.1) is 16.6 Å². The highest BCUT2D eigenvalue weighted by Crippen LogP contribution is 2.40. The highest BCUT2D eigenvalue weighted by atomic mass is 19.4. The average molecular weight is 709 g/mol. The molecule has 2 aromatic heterocycles. The van der Waals surface area contributed by atoms with Crippen LogP contribution in [0.15, 0.2) is 170 Å². The van der Waals surface area contributed by atoms with E-state index in [-0.39, 0.29) is 0 Å². The molecule has 0 N–H and O–H groups in total. The number of aromatic nitrogens is 4. The SMILES string of the molecule is Cc1cccc(-c2ccc3c(c2)c2ccccc2n3-c2ccc(-c3cccc(C(F)(F)F)c3)c(-c3nc(-c4ccccc4)nc(-c4ccccc4)n3)c2)c1. The van der Waals surface area contributed by atoms with E-state index in [9.17, 15) is 13.2 Å². The highest BCUT2D eigenvalue weighted by molar-refractivity contribution is 6.10. The Morgan fingerprint density at radius 2 is 1.02 bits per heavy atom. The van der Waals surface area contributed by atoms with E-state index in [1.165, 1.54) is 17.7 Å². The number of aryl methyl sites for hydroxylation is 1. The fraction of sp³-hybridized carbons (Fsp3) is 0.0426. The number of fused-ring (bicyclic) bond motifs is 3. The zero-order valence-corrected chi connectivity index (χ0v) is 29.1. The molecular formula is C47H31F3N4. The molecular weight excluding hydrogens is 678 g/mol. The molecule has 0 amide bonds. The van der Waals surface area contributed by atoms with Crippen LogP contribution in [0.2, 0.25) is 0 Å². The van der Waals surface area contributed by atoms with E-state index in [4.69, 9.17) is 15.0 Å². The molecule has 7 heteroatoms. The molecule has 54 heavy (non-hydrogen) atoms. The molecule has 0 radical (unpaired) electrons. The van der Waals surface area contributed by atoms with Crippen molar-refractivity contribution in [2.24, 2.45) is 0 Å². The summed E-state index contributed by atoms with van der Waals surface area (Å²) in [5.74, 6) is 1.26. The molecule has 0 aliphatic rings. The fourth-order valence-corrected chi connectivity index (χ4v) is 7.16. The van der Waals surface area contributed by atoms with Crippen molar-refractivity contribution in [3.8, 4) is 62.1 Å². The lowest BCUT2D eigenvalue weighted by Gasteiger charge is -2.16. The van der Waals surface area contributed by atoms with Crippen molar-refractivity contribution in [3.63, 3.8) is 0 Å². The topological polar surface area (TPSA) is 43.6 Å². The Morgan fingerprint density at radius 1 is 0.426 bits per heavy atom.